The summed E-state index contributed by atoms with van der Waals surface area (Å²) in [4.78, 5) is 11.7. The van der Waals surface area contributed by atoms with Crippen LogP contribution in [0.25, 0.3) is 0 Å². The number of carbonyl (C=O) groups excluding carboxylic acids is 1. The van der Waals surface area contributed by atoms with E-state index < -0.39 is 23.2 Å². The molecule has 1 aliphatic rings. The highest BCUT2D eigenvalue weighted by Gasteiger charge is 2.16. The van der Waals surface area contributed by atoms with Gasteiger partial charge in [0.05, 0.1) is 12.7 Å². The standard InChI is InChI=1S/C14H18F2N2O2/c15-11-7-9(8-12(16)13(11)17)14(19)18-5-6-20-10-3-1-2-4-10/h7-8,10H,1-6,17H2,(H,18,19). The third kappa shape index (κ3) is 3.66. The fourth-order valence-corrected chi connectivity index (χ4v) is 2.26. The third-order valence-corrected chi connectivity index (χ3v) is 3.38. The lowest BCUT2D eigenvalue weighted by Crippen LogP contribution is -2.28. The topological polar surface area (TPSA) is 64.4 Å². The predicted octanol–water partition coefficient (Wildman–Crippen LogP) is 2.24. The Morgan fingerprint density at radius 3 is 2.50 bits per heavy atom. The zero-order valence-corrected chi connectivity index (χ0v) is 11.1. The van der Waals surface area contributed by atoms with E-state index in [-0.39, 0.29) is 11.7 Å². The summed E-state index contributed by atoms with van der Waals surface area (Å²) in [6, 6.07) is 1.84. The minimum atomic E-state index is -0.933. The van der Waals surface area contributed by atoms with Crippen LogP contribution >= 0.6 is 0 Å². The molecule has 0 unspecified atom stereocenters. The van der Waals surface area contributed by atoms with Crippen LogP contribution < -0.4 is 11.1 Å². The van der Waals surface area contributed by atoms with Gasteiger partial charge in [-0.05, 0) is 25.0 Å². The first-order chi connectivity index (χ1) is 9.58. The van der Waals surface area contributed by atoms with E-state index in [0.29, 0.717) is 13.2 Å². The summed E-state index contributed by atoms with van der Waals surface area (Å²) in [7, 11) is 0. The zero-order valence-electron chi connectivity index (χ0n) is 11.1. The van der Waals surface area contributed by atoms with E-state index in [0.717, 1.165) is 25.0 Å². The van der Waals surface area contributed by atoms with Gasteiger partial charge in [-0.1, -0.05) is 12.8 Å². The van der Waals surface area contributed by atoms with Crippen LogP contribution in [0.3, 0.4) is 0 Å². The number of nitrogens with one attached hydrogen (secondary N) is 1. The number of halogens is 2. The van der Waals surface area contributed by atoms with E-state index >= 15 is 0 Å². The van der Waals surface area contributed by atoms with Gasteiger partial charge < -0.3 is 15.8 Å². The molecule has 110 valence electrons. The molecule has 0 bridgehead atoms. The number of hydrogen-bond acceptors (Lipinski definition) is 3. The Balaban J connectivity index is 1.79. The Kier molecular flexibility index (Phi) is 4.89. The van der Waals surface area contributed by atoms with Crippen LogP contribution in [-0.2, 0) is 4.74 Å². The normalized spacial score (nSPS) is 15.5. The summed E-state index contributed by atoms with van der Waals surface area (Å²) in [6.45, 7) is 0.708. The Bertz CT molecular complexity index is 465. The molecule has 0 aromatic heterocycles. The molecule has 3 N–H and O–H groups in total. The van der Waals surface area contributed by atoms with Crippen molar-refractivity contribution in [3.63, 3.8) is 0 Å². The lowest BCUT2D eigenvalue weighted by molar-refractivity contribution is 0.0581. The number of carbonyl (C=O) groups is 1. The Morgan fingerprint density at radius 1 is 1.30 bits per heavy atom. The molecular formula is C14H18F2N2O2. The number of anilines is 1. The van der Waals surface area contributed by atoms with Crippen molar-refractivity contribution < 1.29 is 18.3 Å². The summed E-state index contributed by atoms with van der Waals surface area (Å²) in [5, 5.41) is 2.56. The number of rotatable bonds is 5. The van der Waals surface area contributed by atoms with Gasteiger partial charge in [0, 0.05) is 12.1 Å². The second-order valence-electron chi connectivity index (χ2n) is 4.89. The highest BCUT2D eigenvalue weighted by atomic mass is 19.1. The summed E-state index contributed by atoms with van der Waals surface area (Å²) in [5.41, 5.74) is 4.48. The van der Waals surface area contributed by atoms with Gasteiger partial charge in [-0.25, -0.2) is 8.78 Å². The summed E-state index contributed by atoms with van der Waals surface area (Å²) >= 11 is 0. The van der Waals surface area contributed by atoms with Crippen molar-refractivity contribution in [2.75, 3.05) is 18.9 Å². The SMILES string of the molecule is Nc1c(F)cc(C(=O)NCCOC2CCCC2)cc1F. The molecular weight excluding hydrogens is 266 g/mol. The van der Waals surface area contributed by atoms with Crippen molar-refractivity contribution in [1.82, 2.24) is 5.32 Å². The van der Waals surface area contributed by atoms with Crippen LogP contribution in [0, 0.1) is 11.6 Å². The van der Waals surface area contributed by atoms with E-state index in [1.54, 1.807) is 0 Å². The van der Waals surface area contributed by atoms with Gasteiger partial charge in [0.2, 0.25) is 0 Å². The van der Waals surface area contributed by atoms with E-state index in [4.69, 9.17) is 10.5 Å². The molecule has 1 fully saturated rings. The summed E-state index contributed by atoms with van der Waals surface area (Å²) in [6.07, 6.45) is 4.76. The summed E-state index contributed by atoms with van der Waals surface area (Å²) < 4.78 is 32.0. The predicted molar refractivity (Wildman–Crippen MR) is 71.3 cm³/mol. The Hall–Kier alpha value is -1.69. The van der Waals surface area contributed by atoms with Crippen molar-refractivity contribution in [2.45, 2.75) is 31.8 Å². The quantitative estimate of drug-likeness (QED) is 0.644. The first-order valence-electron chi connectivity index (χ1n) is 6.72. The molecule has 0 radical (unpaired) electrons. The molecule has 0 heterocycles. The van der Waals surface area contributed by atoms with Crippen LogP contribution in [0.15, 0.2) is 12.1 Å². The fourth-order valence-electron chi connectivity index (χ4n) is 2.26. The first kappa shape index (κ1) is 14.7. The van der Waals surface area contributed by atoms with E-state index in [1.807, 2.05) is 0 Å². The first-order valence-corrected chi connectivity index (χ1v) is 6.72. The highest BCUT2D eigenvalue weighted by Crippen LogP contribution is 2.20. The number of amides is 1. The van der Waals surface area contributed by atoms with Crippen LogP contribution in [0.1, 0.15) is 36.0 Å². The van der Waals surface area contributed by atoms with Gasteiger partial charge in [-0.15, -0.1) is 0 Å². The van der Waals surface area contributed by atoms with E-state index in [1.165, 1.54) is 12.8 Å². The van der Waals surface area contributed by atoms with Gasteiger partial charge >= 0.3 is 0 Å². The van der Waals surface area contributed by atoms with Crippen LogP contribution in [0.4, 0.5) is 14.5 Å². The average Bonchev–Trinajstić information content (AvgIpc) is 2.93. The van der Waals surface area contributed by atoms with Gasteiger partial charge in [0.25, 0.3) is 5.91 Å². The van der Waals surface area contributed by atoms with Crippen molar-refractivity contribution in [3.05, 3.63) is 29.3 Å². The number of benzene rings is 1. The number of ether oxygens (including phenoxy) is 1. The molecule has 1 aliphatic carbocycles. The van der Waals surface area contributed by atoms with Gasteiger partial charge in [0.1, 0.15) is 17.3 Å². The molecule has 4 nitrogen and oxygen atoms in total. The van der Waals surface area contributed by atoms with Crippen LogP contribution in [0.2, 0.25) is 0 Å². The zero-order chi connectivity index (χ0) is 14.5. The smallest absolute Gasteiger partial charge is 0.251 e. The van der Waals surface area contributed by atoms with Crippen molar-refractivity contribution in [1.29, 1.82) is 0 Å². The molecule has 0 spiro atoms. The molecule has 20 heavy (non-hydrogen) atoms. The van der Waals surface area contributed by atoms with Crippen LogP contribution in [0.5, 0.6) is 0 Å². The lowest BCUT2D eigenvalue weighted by atomic mass is 10.1. The Morgan fingerprint density at radius 2 is 1.90 bits per heavy atom. The molecule has 6 heteroatoms. The van der Waals surface area contributed by atoms with Crippen molar-refractivity contribution in [2.24, 2.45) is 0 Å². The van der Waals surface area contributed by atoms with E-state index in [2.05, 4.69) is 5.32 Å². The molecule has 2 rings (SSSR count). The highest BCUT2D eigenvalue weighted by molar-refractivity contribution is 5.94. The van der Waals surface area contributed by atoms with Gasteiger partial charge in [0.15, 0.2) is 0 Å². The molecule has 0 saturated heterocycles. The Labute approximate surface area is 116 Å². The monoisotopic (exact) mass is 284 g/mol. The third-order valence-electron chi connectivity index (χ3n) is 3.38. The summed E-state index contributed by atoms with van der Waals surface area (Å²) in [5.74, 6) is -2.41. The molecule has 1 aromatic rings. The average molecular weight is 284 g/mol. The molecule has 1 aromatic carbocycles. The number of hydrogen-bond donors (Lipinski definition) is 2. The minimum absolute atomic E-state index is 0.0879. The molecule has 0 atom stereocenters. The molecule has 1 saturated carbocycles. The van der Waals surface area contributed by atoms with Gasteiger partial charge in [-0.3, -0.25) is 4.79 Å². The maximum absolute atomic E-state index is 13.2. The second-order valence-corrected chi connectivity index (χ2v) is 4.89. The number of nitrogens with two attached hydrogens (primary N) is 1. The molecule has 1 amide bonds. The van der Waals surface area contributed by atoms with Crippen molar-refractivity contribution >= 4 is 11.6 Å². The number of nitrogen functional groups attached to an aromatic ring is 1. The van der Waals surface area contributed by atoms with Crippen LogP contribution in [-0.4, -0.2) is 25.2 Å². The second kappa shape index (κ2) is 6.65. The van der Waals surface area contributed by atoms with Crippen molar-refractivity contribution in [3.8, 4) is 0 Å². The maximum Gasteiger partial charge on any atom is 0.251 e. The molecule has 0 aliphatic heterocycles. The largest absolute Gasteiger partial charge is 0.394 e. The lowest BCUT2D eigenvalue weighted by Gasteiger charge is -2.11. The maximum atomic E-state index is 13.2. The minimum Gasteiger partial charge on any atom is -0.394 e. The fraction of sp³-hybridized carbons (Fsp3) is 0.500. The van der Waals surface area contributed by atoms with Gasteiger partial charge in [-0.2, -0.15) is 0 Å². The van der Waals surface area contributed by atoms with E-state index in [9.17, 15) is 13.6 Å².